The Kier molecular flexibility index (Phi) is 5.63. The molecule has 0 aliphatic heterocycles. The number of hydrogen-bond donors (Lipinski definition) is 0. The molecule has 59 valence electrons. The van der Waals surface area contributed by atoms with Gasteiger partial charge >= 0.3 is 0 Å². The summed E-state index contributed by atoms with van der Waals surface area (Å²) in [5.74, 6) is 0. The van der Waals surface area contributed by atoms with E-state index in [1.54, 1.807) is 0 Å². The van der Waals surface area contributed by atoms with Crippen LogP contribution in [0.5, 0.6) is 0 Å². The molecule has 0 saturated heterocycles. The first-order valence-electron chi connectivity index (χ1n) is 3.98. The minimum atomic E-state index is 1.29. The Morgan fingerprint density at radius 1 is 1.09 bits per heavy atom. The molecule has 0 unspecified atom stereocenters. The zero-order valence-electron chi connectivity index (χ0n) is 7.89. The van der Waals surface area contributed by atoms with Gasteiger partial charge in [0.05, 0.1) is 0 Å². The molecular formula is C10H16B. The van der Waals surface area contributed by atoms with E-state index in [1.165, 1.54) is 10.9 Å². The van der Waals surface area contributed by atoms with E-state index in [4.69, 9.17) is 0 Å². The summed E-state index contributed by atoms with van der Waals surface area (Å²) in [6.07, 6.45) is 8.29. The van der Waals surface area contributed by atoms with Crippen molar-refractivity contribution in [1.82, 2.24) is 0 Å². The Hall–Kier alpha value is -0.715. The highest BCUT2D eigenvalue weighted by Gasteiger charge is 1.91. The van der Waals surface area contributed by atoms with Gasteiger partial charge in [0.1, 0.15) is 0 Å². The molecule has 0 amide bonds. The zero-order chi connectivity index (χ0) is 8.69. The highest BCUT2D eigenvalue weighted by Crippen LogP contribution is 1.98. The van der Waals surface area contributed by atoms with E-state index in [0.29, 0.717) is 0 Å². The molecule has 0 saturated carbocycles. The second-order valence-electron chi connectivity index (χ2n) is 2.61. The van der Waals surface area contributed by atoms with Crippen molar-refractivity contribution in [2.75, 3.05) is 0 Å². The molecule has 11 heavy (non-hydrogen) atoms. The van der Waals surface area contributed by atoms with Crippen molar-refractivity contribution in [3.63, 3.8) is 0 Å². The van der Waals surface area contributed by atoms with E-state index in [9.17, 15) is 0 Å². The van der Waals surface area contributed by atoms with Crippen molar-refractivity contribution in [2.45, 2.75) is 27.7 Å². The smallest absolute Gasteiger partial charge is 0.110 e. The van der Waals surface area contributed by atoms with Gasteiger partial charge in [0.2, 0.25) is 0 Å². The molecule has 0 N–H and O–H groups in total. The Balaban J connectivity index is 3.96. The Bertz CT molecular complexity index is 185. The first-order chi connectivity index (χ1) is 5.20. The van der Waals surface area contributed by atoms with Gasteiger partial charge in [0.15, 0.2) is 7.28 Å². The fourth-order valence-corrected chi connectivity index (χ4v) is 0.739. The Labute approximate surface area is 70.9 Å². The average molecular weight is 147 g/mol. The average Bonchev–Trinajstić information content (AvgIpc) is 2.00. The highest BCUT2D eigenvalue weighted by atomic mass is 13.8. The van der Waals surface area contributed by atoms with Crippen molar-refractivity contribution < 1.29 is 0 Å². The maximum Gasteiger partial charge on any atom is 0.179 e. The number of hydrogen-bond acceptors (Lipinski definition) is 0. The first-order valence-corrected chi connectivity index (χ1v) is 3.98. The fraction of sp³-hybridized carbons (Fsp3) is 0.400. The molecule has 1 radical (unpaired) electrons. The van der Waals surface area contributed by atoms with E-state index >= 15 is 0 Å². The molecule has 0 aromatic rings. The lowest BCUT2D eigenvalue weighted by Crippen LogP contribution is -1.93. The second kappa shape index (κ2) is 6.02. The second-order valence-corrected chi connectivity index (χ2v) is 2.61. The van der Waals surface area contributed by atoms with Crippen LogP contribution in [0.15, 0.2) is 35.2 Å². The van der Waals surface area contributed by atoms with E-state index in [0.717, 1.165) is 0 Å². The first kappa shape index (κ1) is 10.3. The van der Waals surface area contributed by atoms with Crippen LogP contribution in [0.4, 0.5) is 0 Å². The molecule has 0 rings (SSSR count). The molecule has 0 bridgehead atoms. The number of rotatable bonds is 3. The molecule has 0 fully saturated rings. The largest absolute Gasteiger partial charge is 0.179 e. The molecule has 1 heteroatoms. The van der Waals surface area contributed by atoms with Gasteiger partial charge in [-0.3, -0.25) is 0 Å². The SMILES string of the molecule is C/C=C\C=C(/C)[B]/C(C)=C/C. The van der Waals surface area contributed by atoms with Gasteiger partial charge in [-0.25, -0.2) is 0 Å². The third kappa shape index (κ3) is 5.72. The topological polar surface area (TPSA) is 0 Å². The van der Waals surface area contributed by atoms with E-state index in [2.05, 4.69) is 46.3 Å². The maximum absolute atomic E-state index is 2.17. The Morgan fingerprint density at radius 2 is 1.73 bits per heavy atom. The summed E-state index contributed by atoms with van der Waals surface area (Å²) in [6, 6.07) is 0. The van der Waals surface area contributed by atoms with Gasteiger partial charge in [0, 0.05) is 0 Å². The minimum Gasteiger partial charge on any atom is -0.110 e. The van der Waals surface area contributed by atoms with Crippen molar-refractivity contribution in [3.05, 3.63) is 35.2 Å². The normalized spacial score (nSPS) is 14.2. The predicted octanol–water partition coefficient (Wildman–Crippen LogP) is 3.09. The molecule has 0 atom stereocenters. The van der Waals surface area contributed by atoms with Gasteiger partial charge in [0.25, 0.3) is 0 Å². The van der Waals surface area contributed by atoms with E-state index < -0.39 is 0 Å². The molecule has 0 aromatic carbocycles. The summed E-state index contributed by atoms with van der Waals surface area (Å²) < 4.78 is 0. The van der Waals surface area contributed by atoms with Gasteiger partial charge in [-0.15, -0.1) is 10.9 Å². The molecule has 0 spiro atoms. The zero-order valence-corrected chi connectivity index (χ0v) is 7.89. The van der Waals surface area contributed by atoms with Crippen LogP contribution in [-0.4, -0.2) is 7.28 Å². The van der Waals surface area contributed by atoms with Gasteiger partial charge < -0.3 is 0 Å². The van der Waals surface area contributed by atoms with Crippen molar-refractivity contribution in [2.24, 2.45) is 0 Å². The molecule has 0 aromatic heterocycles. The van der Waals surface area contributed by atoms with Gasteiger partial charge in [-0.2, -0.15) is 0 Å². The third-order valence-electron chi connectivity index (χ3n) is 1.46. The molecule has 0 aliphatic carbocycles. The van der Waals surface area contributed by atoms with Crippen molar-refractivity contribution in [1.29, 1.82) is 0 Å². The summed E-state index contributed by atoms with van der Waals surface area (Å²) in [6.45, 7) is 8.28. The van der Waals surface area contributed by atoms with Crippen LogP contribution in [0.1, 0.15) is 27.7 Å². The van der Waals surface area contributed by atoms with E-state index in [1.807, 2.05) is 13.0 Å². The molecule has 0 aliphatic rings. The highest BCUT2D eigenvalue weighted by molar-refractivity contribution is 6.53. The number of allylic oxidation sites excluding steroid dienone is 6. The van der Waals surface area contributed by atoms with Crippen LogP contribution in [0.2, 0.25) is 0 Å². The summed E-state index contributed by atoms with van der Waals surface area (Å²) in [7, 11) is 2.17. The summed E-state index contributed by atoms with van der Waals surface area (Å²) >= 11 is 0. The van der Waals surface area contributed by atoms with Crippen LogP contribution in [-0.2, 0) is 0 Å². The van der Waals surface area contributed by atoms with Crippen molar-refractivity contribution in [3.8, 4) is 0 Å². The van der Waals surface area contributed by atoms with Gasteiger partial charge in [-0.1, -0.05) is 38.2 Å². The summed E-state index contributed by atoms with van der Waals surface area (Å²) in [4.78, 5) is 0. The van der Waals surface area contributed by atoms with Gasteiger partial charge in [-0.05, 0) is 13.8 Å². The lowest BCUT2D eigenvalue weighted by molar-refractivity contribution is 1.54. The minimum absolute atomic E-state index is 1.29. The lowest BCUT2D eigenvalue weighted by Gasteiger charge is -1.96. The summed E-state index contributed by atoms with van der Waals surface area (Å²) in [5.41, 5.74) is 2.60. The Morgan fingerprint density at radius 3 is 2.18 bits per heavy atom. The third-order valence-corrected chi connectivity index (χ3v) is 1.46. The van der Waals surface area contributed by atoms with Crippen LogP contribution in [0.25, 0.3) is 0 Å². The fourth-order valence-electron chi connectivity index (χ4n) is 0.739. The molecular weight excluding hydrogens is 131 g/mol. The van der Waals surface area contributed by atoms with Crippen LogP contribution < -0.4 is 0 Å². The van der Waals surface area contributed by atoms with Crippen LogP contribution >= 0.6 is 0 Å². The lowest BCUT2D eigenvalue weighted by atomic mass is 9.63. The monoisotopic (exact) mass is 147 g/mol. The van der Waals surface area contributed by atoms with E-state index in [-0.39, 0.29) is 0 Å². The molecule has 0 nitrogen and oxygen atoms in total. The maximum atomic E-state index is 2.17. The predicted molar refractivity (Wildman–Crippen MR) is 53.8 cm³/mol. The summed E-state index contributed by atoms with van der Waals surface area (Å²) in [5, 5.41) is 0. The molecule has 0 heterocycles. The standard InChI is InChI=1S/C10H16B/c1-5-7-8-10(4)11-9(3)6-2/h5-8H,1-4H3/b7-5-,9-6+,10-8+. The quantitative estimate of drug-likeness (QED) is 0.425. The van der Waals surface area contributed by atoms with Crippen molar-refractivity contribution >= 4 is 7.28 Å². The van der Waals surface area contributed by atoms with Crippen LogP contribution in [0, 0.1) is 0 Å². The van der Waals surface area contributed by atoms with Crippen LogP contribution in [0.3, 0.4) is 0 Å².